The molecule has 11 heteroatoms. The molecule has 0 unspecified atom stereocenters. The predicted octanol–water partition coefficient (Wildman–Crippen LogP) is 1.74. The Bertz CT molecular complexity index is 1080. The molecule has 1 aromatic heterocycles. The first-order chi connectivity index (χ1) is 15.1. The monoisotopic (exact) mass is 447 g/mol. The predicted molar refractivity (Wildman–Crippen MR) is 108 cm³/mol. The summed E-state index contributed by atoms with van der Waals surface area (Å²) >= 11 is 0. The van der Waals surface area contributed by atoms with Gasteiger partial charge in [-0.3, -0.25) is 14.4 Å². The second kappa shape index (κ2) is 7.95. The van der Waals surface area contributed by atoms with Crippen molar-refractivity contribution in [2.24, 2.45) is 5.92 Å². The quantitative estimate of drug-likeness (QED) is 0.748. The van der Waals surface area contributed by atoms with Crippen LogP contribution in [0.5, 0.6) is 0 Å². The number of hydrogen-bond acceptors (Lipinski definition) is 5. The third kappa shape index (κ3) is 3.82. The highest BCUT2D eigenvalue weighted by Crippen LogP contribution is 2.39. The van der Waals surface area contributed by atoms with Crippen LogP contribution in [0.15, 0.2) is 24.4 Å². The molecule has 1 aliphatic carbocycles. The number of carbonyl (C=O) groups is 3. The Kier molecular flexibility index (Phi) is 5.43. The summed E-state index contributed by atoms with van der Waals surface area (Å²) in [5.74, 6) is -3.41. The topological polar surface area (TPSA) is 109 Å². The van der Waals surface area contributed by atoms with Crippen molar-refractivity contribution in [2.75, 3.05) is 24.5 Å². The molecule has 4 rings (SSSR count). The lowest BCUT2D eigenvalue weighted by molar-refractivity contribution is -0.143. The van der Waals surface area contributed by atoms with Crippen molar-refractivity contribution < 1.29 is 28.3 Å². The zero-order chi connectivity index (χ0) is 23.2. The summed E-state index contributed by atoms with van der Waals surface area (Å²) in [5, 5.41) is 17.3. The largest absolute Gasteiger partial charge is 0.481 e. The number of halogens is 2. The summed E-state index contributed by atoms with van der Waals surface area (Å²) in [6.45, 7) is 3.30. The van der Waals surface area contributed by atoms with Crippen LogP contribution in [0.25, 0.3) is 0 Å². The number of carbonyl (C=O) groups excluding carboxylic acids is 2. The fraction of sp³-hybridized carbons (Fsp3) is 0.476. The lowest BCUT2D eigenvalue weighted by Gasteiger charge is -2.40. The standard InChI is InChI=1S/C21H23F2N5O4/c1-21(2,20(31)32)17-10-28(25-24-17)14-7-12(8-14)19(30)26-5-6-27(18(29)11-26)16-4-3-13(22)9-15(16)23/h3-4,9-10,12,14H,5-8,11H2,1-2H3,(H,31,32). The van der Waals surface area contributed by atoms with Gasteiger partial charge in [0.2, 0.25) is 11.8 Å². The number of anilines is 1. The average Bonchev–Trinajstić information content (AvgIpc) is 3.17. The summed E-state index contributed by atoms with van der Waals surface area (Å²) in [5.41, 5.74) is -0.825. The zero-order valence-corrected chi connectivity index (χ0v) is 17.7. The molecule has 0 spiro atoms. The first kappa shape index (κ1) is 21.8. The number of carboxylic acids is 1. The minimum absolute atomic E-state index is 0.00141. The van der Waals surface area contributed by atoms with E-state index in [1.54, 1.807) is 24.7 Å². The van der Waals surface area contributed by atoms with Gasteiger partial charge in [-0.05, 0) is 38.8 Å². The molecule has 1 aliphatic heterocycles. The van der Waals surface area contributed by atoms with Gasteiger partial charge < -0.3 is 14.9 Å². The van der Waals surface area contributed by atoms with Crippen molar-refractivity contribution in [1.82, 2.24) is 19.9 Å². The summed E-state index contributed by atoms with van der Waals surface area (Å²) in [6, 6.07) is 2.96. The van der Waals surface area contributed by atoms with Gasteiger partial charge in [0.05, 0.1) is 17.4 Å². The molecular weight excluding hydrogens is 424 g/mol. The van der Waals surface area contributed by atoms with Crippen LogP contribution in [0.2, 0.25) is 0 Å². The Morgan fingerprint density at radius 3 is 2.53 bits per heavy atom. The zero-order valence-electron chi connectivity index (χ0n) is 17.7. The second-order valence-corrected chi connectivity index (χ2v) is 8.74. The number of rotatable bonds is 5. The van der Waals surface area contributed by atoms with Crippen LogP contribution in [0, 0.1) is 17.6 Å². The first-order valence-corrected chi connectivity index (χ1v) is 10.3. The smallest absolute Gasteiger partial charge is 0.315 e. The van der Waals surface area contributed by atoms with Crippen LogP contribution in [0.3, 0.4) is 0 Å². The highest BCUT2D eigenvalue weighted by molar-refractivity contribution is 5.98. The minimum atomic E-state index is -1.17. The molecule has 2 fully saturated rings. The lowest BCUT2D eigenvalue weighted by atomic mass is 9.79. The Labute approximate surface area is 182 Å². The molecule has 2 aliphatic rings. The van der Waals surface area contributed by atoms with Crippen molar-refractivity contribution in [3.63, 3.8) is 0 Å². The van der Waals surface area contributed by atoms with E-state index in [2.05, 4.69) is 10.3 Å². The maximum atomic E-state index is 14.0. The van der Waals surface area contributed by atoms with Gasteiger partial charge in [-0.25, -0.2) is 13.5 Å². The molecule has 2 amide bonds. The highest BCUT2D eigenvalue weighted by atomic mass is 19.1. The number of hydrogen-bond donors (Lipinski definition) is 1. The Morgan fingerprint density at radius 1 is 1.19 bits per heavy atom. The van der Waals surface area contributed by atoms with Crippen LogP contribution in [-0.4, -0.2) is 62.4 Å². The van der Waals surface area contributed by atoms with Crippen molar-refractivity contribution in [2.45, 2.75) is 38.1 Å². The summed E-state index contributed by atoms with van der Waals surface area (Å²) in [6.07, 6.45) is 2.62. The van der Waals surface area contributed by atoms with E-state index in [0.29, 0.717) is 18.5 Å². The molecule has 1 aromatic carbocycles. The fourth-order valence-electron chi connectivity index (χ4n) is 3.93. The van der Waals surface area contributed by atoms with E-state index in [-0.39, 0.29) is 43.2 Å². The van der Waals surface area contributed by atoms with E-state index in [9.17, 15) is 28.3 Å². The molecule has 2 heterocycles. The number of aliphatic carboxylic acids is 1. The Morgan fingerprint density at radius 2 is 1.91 bits per heavy atom. The van der Waals surface area contributed by atoms with E-state index in [1.165, 1.54) is 15.9 Å². The molecule has 1 saturated carbocycles. The number of amides is 2. The van der Waals surface area contributed by atoms with Crippen LogP contribution >= 0.6 is 0 Å². The average molecular weight is 447 g/mol. The molecule has 2 aromatic rings. The van der Waals surface area contributed by atoms with Crippen LogP contribution in [0.4, 0.5) is 14.5 Å². The number of nitrogens with zero attached hydrogens (tertiary/aromatic N) is 5. The number of benzene rings is 1. The van der Waals surface area contributed by atoms with Crippen molar-refractivity contribution in [3.05, 3.63) is 41.7 Å². The van der Waals surface area contributed by atoms with Crippen LogP contribution in [0.1, 0.15) is 38.4 Å². The lowest BCUT2D eigenvalue weighted by Crippen LogP contribution is -2.55. The summed E-state index contributed by atoms with van der Waals surface area (Å²) in [7, 11) is 0. The van der Waals surface area contributed by atoms with Crippen LogP contribution < -0.4 is 4.90 Å². The third-order valence-electron chi connectivity index (χ3n) is 6.25. The number of carboxylic acid groups (broad SMARTS) is 1. The summed E-state index contributed by atoms with van der Waals surface area (Å²) < 4.78 is 28.7. The van der Waals surface area contributed by atoms with Gasteiger partial charge >= 0.3 is 5.97 Å². The van der Waals surface area contributed by atoms with Gasteiger partial charge in [0.15, 0.2) is 0 Å². The SMILES string of the molecule is CC(C)(C(=O)O)c1cn(C2CC(C(=O)N3CCN(c4ccc(F)cc4F)C(=O)C3)C2)nn1. The van der Waals surface area contributed by atoms with E-state index in [1.807, 2.05) is 0 Å². The summed E-state index contributed by atoms with van der Waals surface area (Å²) in [4.78, 5) is 39.4. The van der Waals surface area contributed by atoms with Crippen molar-refractivity contribution >= 4 is 23.5 Å². The molecule has 0 radical (unpaired) electrons. The van der Waals surface area contributed by atoms with Gasteiger partial charge in [0, 0.05) is 31.3 Å². The highest BCUT2D eigenvalue weighted by Gasteiger charge is 2.41. The molecule has 1 saturated heterocycles. The fourth-order valence-corrected chi connectivity index (χ4v) is 3.93. The van der Waals surface area contributed by atoms with E-state index < -0.39 is 28.9 Å². The molecular formula is C21H23F2N5O4. The van der Waals surface area contributed by atoms with E-state index in [4.69, 9.17) is 0 Å². The number of aromatic nitrogens is 3. The third-order valence-corrected chi connectivity index (χ3v) is 6.25. The van der Waals surface area contributed by atoms with Crippen molar-refractivity contribution in [1.29, 1.82) is 0 Å². The van der Waals surface area contributed by atoms with Crippen molar-refractivity contribution in [3.8, 4) is 0 Å². The molecule has 0 bridgehead atoms. The molecule has 170 valence electrons. The molecule has 32 heavy (non-hydrogen) atoms. The maximum Gasteiger partial charge on any atom is 0.315 e. The normalized spacial score (nSPS) is 21.4. The van der Waals surface area contributed by atoms with Gasteiger partial charge in [-0.2, -0.15) is 0 Å². The first-order valence-electron chi connectivity index (χ1n) is 10.3. The molecule has 0 atom stereocenters. The van der Waals surface area contributed by atoms with Gasteiger partial charge in [-0.1, -0.05) is 5.21 Å². The van der Waals surface area contributed by atoms with Crippen LogP contribution in [-0.2, 0) is 19.8 Å². The Balaban J connectivity index is 1.34. The van der Waals surface area contributed by atoms with Gasteiger partial charge in [0.25, 0.3) is 0 Å². The molecule has 1 N–H and O–H groups in total. The van der Waals surface area contributed by atoms with Gasteiger partial charge in [-0.15, -0.1) is 5.10 Å². The number of piperazine rings is 1. The maximum absolute atomic E-state index is 14.0. The second-order valence-electron chi connectivity index (χ2n) is 8.74. The van der Waals surface area contributed by atoms with E-state index >= 15 is 0 Å². The van der Waals surface area contributed by atoms with Gasteiger partial charge in [0.1, 0.15) is 23.6 Å². The van der Waals surface area contributed by atoms with E-state index in [0.717, 1.165) is 12.1 Å². The molecule has 9 nitrogen and oxygen atoms in total. The minimum Gasteiger partial charge on any atom is -0.481 e. The Hall–Kier alpha value is -3.37.